The number of hydrogen-bond acceptors (Lipinski definition) is 5. The number of aliphatic carboxylic acids is 1. The van der Waals surface area contributed by atoms with Crippen molar-refractivity contribution < 1.29 is 24.2 Å². The van der Waals surface area contributed by atoms with E-state index in [-0.39, 0.29) is 12.1 Å². The number of nitrogens with one attached hydrogen (secondary N) is 1. The highest BCUT2D eigenvalue weighted by molar-refractivity contribution is 5.97. The van der Waals surface area contributed by atoms with Crippen LogP contribution >= 0.6 is 0 Å². The fourth-order valence-corrected chi connectivity index (χ4v) is 1.45. The summed E-state index contributed by atoms with van der Waals surface area (Å²) in [5, 5.41) is 11.2. The molecule has 1 aromatic rings. The smallest absolute Gasteiger partial charge is 0.334 e. The molecule has 7 heteroatoms. The van der Waals surface area contributed by atoms with E-state index in [1.54, 1.807) is 6.07 Å². The Balaban J connectivity index is 2.76. The van der Waals surface area contributed by atoms with Gasteiger partial charge in [-0.3, -0.25) is 4.79 Å². The number of carbonyl (C=O) groups excluding carboxylic acids is 1. The number of benzene rings is 1. The number of nitrogens with two attached hydrogens (primary N) is 1. The van der Waals surface area contributed by atoms with Gasteiger partial charge in [0.1, 0.15) is 5.75 Å². The van der Waals surface area contributed by atoms with Crippen LogP contribution in [0.1, 0.15) is 10.4 Å². The lowest BCUT2D eigenvalue weighted by Gasteiger charge is -2.13. The first-order valence-corrected chi connectivity index (χ1v) is 5.47. The number of nitrogen functional groups attached to an aromatic ring is 1. The highest BCUT2D eigenvalue weighted by Crippen LogP contribution is 2.21. The van der Waals surface area contributed by atoms with E-state index in [1.807, 2.05) is 0 Å². The summed E-state index contributed by atoms with van der Waals surface area (Å²) in [6, 6.07) is 4.58. The van der Waals surface area contributed by atoms with Crippen molar-refractivity contribution in [1.82, 2.24) is 5.32 Å². The Morgan fingerprint density at radius 2 is 2.11 bits per heavy atom. The standard InChI is InChI=1S/C12H16N2O5/c1-18-9-5-7(13)3-4-8(9)11(15)14-6-10(19-2)12(16)17/h3-5,10H,6,13H2,1-2H3,(H,14,15)(H,16,17). The molecule has 0 saturated carbocycles. The maximum Gasteiger partial charge on any atom is 0.334 e. The molecule has 0 aliphatic rings. The zero-order valence-electron chi connectivity index (χ0n) is 10.7. The quantitative estimate of drug-likeness (QED) is 0.631. The van der Waals surface area contributed by atoms with Gasteiger partial charge in [-0.25, -0.2) is 4.79 Å². The van der Waals surface area contributed by atoms with Gasteiger partial charge >= 0.3 is 5.97 Å². The topological polar surface area (TPSA) is 111 Å². The van der Waals surface area contributed by atoms with Crippen LogP contribution in [0, 0.1) is 0 Å². The van der Waals surface area contributed by atoms with E-state index in [0.29, 0.717) is 11.4 Å². The maximum atomic E-state index is 11.9. The molecule has 19 heavy (non-hydrogen) atoms. The first-order valence-electron chi connectivity index (χ1n) is 5.47. The lowest BCUT2D eigenvalue weighted by atomic mass is 10.1. The van der Waals surface area contributed by atoms with Crippen molar-refractivity contribution >= 4 is 17.6 Å². The van der Waals surface area contributed by atoms with Crippen LogP contribution in [-0.4, -0.2) is 43.9 Å². The third kappa shape index (κ3) is 3.85. The van der Waals surface area contributed by atoms with Crippen molar-refractivity contribution in [3.63, 3.8) is 0 Å². The van der Waals surface area contributed by atoms with Gasteiger partial charge in [0.05, 0.1) is 19.2 Å². The first-order chi connectivity index (χ1) is 8.99. The van der Waals surface area contributed by atoms with Crippen molar-refractivity contribution in [3.05, 3.63) is 23.8 Å². The molecule has 7 nitrogen and oxygen atoms in total. The number of anilines is 1. The number of hydrogen-bond donors (Lipinski definition) is 3. The summed E-state index contributed by atoms with van der Waals surface area (Å²) in [4.78, 5) is 22.6. The Kier molecular flexibility index (Phi) is 5.13. The summed E-state index contributed by atoms with van der Waals surface area (Å²) >= 11 is 0. The Hall–Kier alpha value is -2.28. The van der Waals surface area contributed by atoms with Gasteiger partial charge in [0.25, 0.3) is 5.91 Å². The van der Waals surface area contributed by atoms with Crippen LogP contribution < -0.4 is 15.8 Å². The van der Waals surface area contributed by atoms with Crippen molar-refractivity contribution in [2.24, 2.45) is 0 Å². The summed E-state index contributed by atoms with van der Waals surface area (Å²) in [7, 11) is 2.68. The number of amides is 1. The molecule has 0 saturated heterocycles. The van der Waals surface area contributed by atoms with Gasteiger partial charge in [-0.05, 0) is 12.1 Å². The Morgan fingerprint density at radius 3 is 2.63 bits per heavy atom. The van der Waals surface area contributed by atoms with Crippen molar-refractivity contribution in [1.29, 1.82) is 0 Å². The molecular formula is C12H16N2O5. The Labute approximate surface area is 110 Å². The second-order valence-electron chi connectivity index (χ2n) is 3.73. The number of rotatable bonds is 6. The van der Waals surface area contributed by atoms with Gasteiger partial charge in [-0.15, -0.1) is 0 Å². The van der Waals surface area contributed by atoms with Gasteiger partial charge in [-0.2, -0.15) is 0 Å². The van der Waals surface area contributed by atoms with Crippen LogP contribution in [0.2, 0.25) is 0 Å². The lowest BCUT2D eigenvalue weighted by Crippen LogP contribution is -2.37. The zero-order valence-corrected chi connectivity index (χ0v) is 10.7. The number of carboxylic acid groups (broad SMARTS) is 1. The minimum atomic E-state index is -1.15. The van der Waals surface area contributed by atoms with Gasteiger partial charge in [0.15, 0.2) is 6.10 Å². The molecule has 0 fully saturated rings. The fraction of sp³-hybridized carbons (Fsp3) is 0.333. The van der Waals surface area contributed by atoms with E-state index in [4.69, 9.17) is 20.3 Å². The van der Waals surface area contributed by atoms with Crippen molar-refractivity contribution in [2.75, 3.05) is 26.5 Å². The number of ether oxygens (including phenoxy) is 2. The van der Waals surface area contributed by atoms with E-state index in [9.17, 15) is 9.59 Å². The number of carbonyl (C=O) groups is 2. The molecule has 0 aromatic heterocycles. The maximum absolute atomic E-state index is 11.9. The predicted molar refractivity (Wildman–Crippen MR) is 68.2 cm³/mol. The first kappa shape index (κ1) is 14.8. The number of carboxylic acids is 1. The Morgan fingerprint density at radius 1 is 1.42 bits per heavy atom. The third-order valence-corrected chi connectivity index (χ3v) is 2.48. The van der Waals surface area contributed by atoms with Crippen LogP contribution in [0.4, 0.5) is 5.69 Å². The molecule has 1 rings (SSSR count). The third-order valence-electron chi connectivity index (χ3n) is 2.48. The highest BCUT2D eigenvalue weighted by Gasteiger charge is 2.19. The predicted octanol–water partition coefficient (Wildman–Crippen LogP) is 0.107. The molecule has 104 valence electrons. The molecule has 0 radical (unpaired) electrons. The molecule has 1 amide bonds. The summed E-state index contributed by atoms with van der Waals surface area (Å²) in [6.45, 7) is -0.141. The average Bonchev–Trinajstić information content (AvgIpc) is 2.38. The summed E-state index contributed by atoms with van der Waals surface area (Å²) in [6.07, 6.45) is -1.09. The van der Waals surface area contributed by atoms with E-state index >= 15 is 0 Å². The van der Waals surface area contributed by atoms with Crippen LogP contribution in [0.15, 0.2) is 18.2 Å². The van der Waals surface area contributed by atoms with Crippen LogP contribution in [0.5, 0.6) is 5.75 Å². The molecular weight excluding hydrogens is 252 g/mol. The van der Waals surface area contributed by atoms with Gasteiger partial charge in [0, 0.05) is 18.9 Å². The van der Waals surface area contributed by atoms with Crippen molar-refractivity contribution in [3.8, 4) is 5.75 Å². The van der Waals surface area contributed by atoms with Crippen LogP contribution in [0.3, 0.4) is 0 Å². The number of methoxy groups -OCH3 is 2. The zero-order chi connectivity index (χ0) is 14.4. The minimum absolute atomic E-state index is 0.141. The van der Waals surface area contributed by atoms with E-state index in [1.165, 1.54) is 26.4 Å². The van der Waals surface area contributed by atoms with Gasteiger partial charge < -0.3 is 25.6 Å². The molecule has 1 atom stereocenters. The molecule has 0 aliphatic heterocycles. The Bertz CT molecular complexity index is 475. The largest absolute Gasteiger partial charge is 0.496 e. The monoisotopic (exact) mass is 268 g/mol. The average molecular weight is 268 g/mol. The molecule has 1 unspecified atom stereocenters. The SMILES string of the molecule is COc1cc(N)ccc1C(=O)NCC(OC)C(=O)O. The fourth-order valence-electron chi connectivity index (χ4n) is 1.45. The molecule has 1 aromatic carbocycles. The van der Waals surface area contributed by atoms with Crippen LogP contribution in [0.25, 0.3) is 0 Å². The second kappa shape index (κ2) is 6.60. The summed E-state index contributed by atoms with van der Waals surface area (Å²) in [5.41, 5.74) is 6.32. The second-order valence-corrected chi connectivity index (χ2v) is 3.73. The molecule has 0 bridgehead atoms. The normalized spacial score (nSPS) is 11.7. The highest BCUT2D eigenvalue weighted by atomic mass is 16.5. The van der Waals surface area contributed by atoms with Crippen LogP contribution in [-0.2, 0) is 9.53 Å². The molecule has 4 N–H and O–H groups in total. The van der Waals surface area contributed by atoms with E-state index in [2.05, 4.69) is 5.32 Å². The van der Waals surface area contributed by atoms with E-state index in [0.717, 1.165) is 0 Å². The van der Waals surface area contributed by atoms with Gasteiger partial charge in [-0.1, -0.05) is 0 Å². The van der Waals surface area contributed by atoms with E-state index < -0.39 is 18.0 Å². The summed E-state index contributed by atoms with van der Waals surface area (Å²) in [5.74, 6) is -1.28. The molecule has 0 aliphatic carbocycles. The minimum Gasteiger partial charge on any atom is -0.496 e. The molecule has 0 heterocycles. The van der Waals surface area contributed by atoms with Gasteiger partial charge in [0.2, 0.25) is 0 Å². The summed E-state index contributed by atoms with van der Waals surface area (Å²) < 4.78 is 9.75. The van der Waals surface area contributed by atoms with Crippen molar-refractivity contribution in [2.45, 2.75) is 6.10 Å². The molecule has 0 spiro atoms. The lowest BCUT2D eigenvalue weighted by molar-refractivity contribution is -0.148.